The Morgan fingerprint density at radius 2 is 2.32 bits per heavy atom. The van der Waals surface area contributed by atoms with Crippen molar-refractivity contribution >= 4 is 11.8 Å². The van der Waals surface area contributed by atoms with Gasteiger partial charge in [0.15, 0.2) is 6.21 Å². The predicted octanol–water partition coefficient (Wildman–Crippen LogP) is 2.39. The number of hydrogen-bond donors (Lipinski definition) is 1. The van der Waals surface area contributed by atoms with Crippen molar-refractivity contribution in [3.63, 3.8) is 0 Å². The van der Waals surface area contributed by atoms with Crippen LogP contribution in [0.15, 0.2) is 67.1 Å². The van der Waals surface area contributed by atoms with Crippen LogP contribution in [0.5, 0.6) is 5.88 Å². The van der Waals surface area contributed by atoms with E-state index in [1.165, 1.54) is 6.21 Å². The van der Waals surface area contributed by atoms with E-state index in [1.54, 1.807) is 22.0 Å². The maximum atomic E-state index is 10.5. The Morgan fingerprint density at radius 1 is 1.46 bits per heavy atom. The van der Waals surface area contributed by atoms with Gasteiger partial charge in [-0.2, -0.15) is 0 Å². The Morgan fingerprint density at radius 3 is 2.96 bits per heavy atom. The van der Waals surface area contributed by atoms with E-state index >= 15 is 0 Å². The Bertz CT molecular complexity index is 949. The van der Waals surface area contributed by atoms with Crippen molar-refractivity contribution < 1.29 is 9.89 Å². The van der Waals surface area contributed by atoms with Gasteiger partial charge in [-0.1, -0.05) is 36.9 Å². The summed E-state index contributed by atoms with van der Waals surface area (Å²) in [6, 6.07) is 4.17. The second-order valence-corrected chi connectivity index (χ2v) is 6.66. The van der Waals surface area contributed by atoms with Gasteiger partial charge >= 0.3 is 0 Å². The van der Waals surface area contributed by atoms with Gasteiger partial charge in [-0.3, -0.25) is 9.67 Å². The predicted molar refractivity (Wildman–Crippen MR) is 111 cm³/mol. The minimum Gasteiger partial charge on any atom is -0.625 e. The maximum absolute atomic E-state index is 10.5. The van der Waals surface area contributed by atoms with Gasteiger partial charge in [0.1, 0.15) is 6.61 Å². The molecule has 0 amide bonds. The summed E-state index contributed by atoms with van der Waals surface area (Å²) in [6.45, 7) is 6.25. The molecule has 1 aliphatic rings. The van der Waals surface area contributed by atoms with Gasteiger partial charge < -0.3 is 9.94 Å². The Balaban J connectivity index is 1.66. The van der Waals surface area contributed by atoms with E-state index in [1.807, 2.05) is 26.4 Å². The van der Waals surface area contributed by atoms with E-state index in [9.17, 15) is 5.21 Å². The molecule has 6 nitrogen and oxygen atoms in total. The molecule has 0 fully saturated rings. The molecule has 0 saturated heterocycles. The third-order valence-electron chi connectivity index (χ3n) is 4.52. The highest BCUT2D eigenvalue weighted by atomic mass is 16.5. The molecule has 2 heterocycles. The van der Waals surface area contributed by atoms with Gasteiger partial charge in [-0.05, 0) is 36.1 Å². The number of nitrogens with one attached hydrogen (secondary N) is 1. The molecule has 6 heteroatoms. The Kier molecular flexibility index (Phi) is 6.22. The molecule has 1 N–H and O–H groups in total. The summed E-state index contributed by atoms with van der Waals surface area (Å²) in [7, 11) is 1.82. The van der Waals surface area contributed by atoms with Crippen LogP contribution in [0, 0.1) is 12.1 Å². The van der Waals surface area contributed by atoms with Gasteiger partial charge in [0, 0.05) is 37.1 Å². The highest BCUT2D eigenvalue weighted by molar-refractivity contribution is 5.87. The van der Waals surface area contributed by atoms with Crippen molar-refractivity contribution in [3.05, 3.63) is 89.1 Å². The minimum atomic E-state index is 0.292. The van der Waals surface area contributed by atoms with Crippen LogP contribution in [0.1, 0.15) is 29.2 Å². The number of hydrogen-bond acceptors (Lipinski definition) is 4. The largest absolute Gasteiger partial charge is 0.625 e. The number of rotatable bonds is 7. The highest BCUT2D eigenvalue weighted by Gasteiger charge is 2.15. The second kappa shape index (κ2) is 8.99. The summed E-state index contributed by atoms with van der Waals surface area (Å²) in [5.74, 6) is 0.796. The lowest BCUT2D eigenvalue weighted by atomic mass is 9.93. The molecule has 3 rings (SSSR count). The third kappa shape index (κ3) is 4.65. The average Bonchev–Trinajstić information content (AvgIpc) is 3.08. The summed E-state index contributed by atoms with van der Waals surface area (Å²) >= 11 is 0. The number of allylic oxidation sites excluding steroid dienone is 5. The SMILES string of the molecule is C=C/C(=C\C=[NH+]\[O-])c1cn(C)nc1OCC1=CCC(c2ccc(C)cn2)C=C1. The summed E-state index contributed by atoms with van der Waals surface area (Å²) in [6.07, 6.45) is 15.7. The van der Waals surface area contributed by atoms with Gasteiger partial charge in [-0.25, -0.2) is 5.16 Å². The normalized spacial score (nSPS) is 17.0. The van der Waals surface area contributed by atoms with Crippen LogP contribution in [-0.2, 0) is 7.05 Å². The molecular formula is C22H24N4O2. The molecule has 1 aliphatic carbocycles. The van der Waals surface area contributed by atoms with Crippen molar-refractivity contribution in [2.75, 3.05) is 6.61 Å². The second-order valence-electron chi connectivity index (χ2n) is 6.66. The maximum Gasteiger partial charge on any atom is 0.241 e. The summed E-state index contributed by atoms with van der Waals surface area (Å²) in [4.78, 5) is 4.52. The minimum absolute atomic E-state index is 0.292. The van der Waals surface area contributed by atoms with Crippen molar-refractivity contribution in [2.24, 2.45) is 7.05 Å². The molecular weight excluding hydrogens is 352 g/mol. The van der Waals surface area contributed by atoms with Crippen molar-refractivity contribution in [2.45, 2.75) is 19.3 Å². The number of ether oxygens (including phenoxy) is 1. The summed E-state index contributed by atoms with van der Waals surface area (Å²) in [5, 5.41) is 16.6. The molecule has 0 aromatic carbocycles. The molecule has 0 radical (unpaired) electrons. The molecule has 2 aromatic heterocycles. The van der Waals surface area contributed by atoms with E-state index in [2.05, 4.69) is 47.0 Å². The topological polar surface area (TPSA) is 77.0 Å². The highest BCUT2D eigenvalue weighted by Crippen LogP contribution is 2.28. The zero-order chi connectivity index (χ0) is 19.9. The number of pyridine rings is 1. The van der Waals surface area contributed by atoms with Crippen LogP contribution in [0.25, 0.3) is 5.57 Å². The molecule has 0 spiro atoms. The van der Waals surface area contributed by atoms with Crippen LogP contribution >= 0.6 is 0 Å². The molecule has 0 saturated carbocycles. The zero-order valence-electron chi connectivity index (χ0n) is 16.1. The van der Waals surface area contributed by atoms with Crippen LogP contribution in [0.3, 0.4) is 0 Å². The number of aryl methyl sites for hydroxylation is 2. The van der Waals surface area contributed by atoms with E-state index < -0.39 is 0 Å². The zero-order valence-corrected chi connectivity index (χ0v) is 16.1. The van der Waals surface area contributed by atoms with E-state index in [4.69, 9.17) is 4.74 Å². The smallest absolute Gasteiger partial charge is 0.241 e. The Hall–Kier alpha value is -3.41. The van der Waals surface area contributed by atoms with E-state index in [-0.39, 0.29) is 0 Å². The quantitative estimate of drug-likeness (QED) is 0.348. The molecule has 1 unspecified atom stereocenters. The fraction of sp³-hybridized carbons (Fsp3) is 0.227. The fourth-order valence-corrected chi connectivity index (χ4v) is 3.01. The van der Waals surface area contributed by atoms with Gasteiger partial charge in [0.2, 0.25) is 5.88 Å². The first-order valence-electron chi connectivity index (χ1n) is 9.11. The lowest BCUT2D eigenvalue weighted by Crippen LogP contribution is -2.59. The Labute approximate surface area is 164 Å². The molecule has 0 bridgehead atoms. The third-order valence-corrected chi connectivity index (χ3v) is 4.52. The lowest BCUT2D eigenvalue weighted by molar-refractivity contribution is -0.366. The number of aromatic nitrogens is 3. The summed E-state index contributed by atoms with van der Waals surface area (Å²) in [5.41, 5.74) is 4.87. The standard InChI is InChI=1S/C22H24N4O2/c1-4-18(11-12-24-27)20-14-26(3)25-22(20)28-15-17-6-8-19(9-7-17)21-10-5-16(2)13-23-21/h4-8,10-14,19,24H,1,9,15H2,2-3H3/b18-11+,24-12+. The van der Waals surface area contributed by atoms with E-state index in [0.717, 1.165) is 34.4 Å². The first-order valence-corrected chi connectivity index (χ1v) is 9.11. The van der Waals surface area contributed by atoms with Gasteiger partial charge in [-0.15, -0.1) is 5.10 Å². The fourth-order valence-electron chi connectivity index (χ4n) is 3.01. The van der Waals surface area contributed by atoms with Gasteiger partial charge in [0.25, 0.3) is 0 Å². The molecule has 2 aromatic rings. The monoisotopic (exact) mass is 376 g/mol. The van der Waals surface area contributed by atoms with Crippen LogP contribution in [0.4, 0.5) is 0 Å². The van der Waals surface area contributed by atoms with Gasteiger partial charge in [0.05, 0.1) is 5.56 Å². The molecule has 0 aliphatic heterocycles. The van der Waals surface area contributed by atoms with Crippen LogP contribution in [0.2, 0.25) is 0 Å². The van der Waals surface area contributed by atoms with E-state index in [0.29, 0.717) is 18.4 Å². The average molecular weight is 376 g/mol. The first-order chi connectivity index (χ1) is 13.6. The van der Waals surface area contributed by atoms with Crippen molar-refractivity contribution in [3.8, 4) is 5.88 Å². The van der Waals surface area contributed by atoms with Crippen LogP contribution in [-0.4, -0.2) is 27.6 Å². The molecule has 28 heavy (non-hydrogen) atoms. The van der Waals surface area contributed by atoms with Crippen LogP contribution < -0.4 is 9.89 Å². The number of nitrogens with zero attached hydrogens (tertiary/aromatic N) is 3. The molecule has 144 valence electrons. The van der Waals surface area contributed by atoms with Crippen molar-refractivity contribution in [1.82, 2.24) is 14.8 Å². The molecule has 1 atom stereocenters. The lowest BCUT2D eigenvalue weighted by Gasteiger charge is -2.16. The first kappa shape index (κ1) is 19.4. The summed E-state index contributed by atoms with van der Waals surface area (Å²) < 4.78 is 7.63. The van der Waals surface area contributed by atoms with Crippen molar-refractivity contribution in [1.29, 1.82) is 0 Å².